The van der Waals surface area contributed by atoms with Crippen LogP contribution >= 0.6 is 0 Å². The minimum Gasteiger partial charge on any atom is -0.392 e. The summed E-state index contributed by atoms with van der Waals surface area (Å²) in [5.41, 5.74) is 0.173. The summed E-state index contributed by atoms with van der Waals surface area (Å²) < 4.78 is 5.93. The molecule has 2 fully saturated rings. The quantitative estimate of drug-likeness (QED) is 0.710. The van der Waals surface area contributed by atoms with E-state index in [9.17, 15) is 5.11 Å². The van der Waals surface area contributed by atoms with Crippen LogP contribution in [0.15, 0.2) is 0 Å². The Balaban J connectivity index is 1.74. The van der Waals surface area contributed by atoms with Crippen LogP contribution in [-0.4, -0.2) is 23.9 Å². The third-order valence-electron chi connectivity index (χ3n) is 4.34. The van der Waals surface area contributed by atoms with E-state index in [1.807, 2.05) is 0 Å². The van der Waals surface area contributed by atoms with Crippen molar-refractivity contribution in [2.45, 2.75) is 70.5 Å². The van der Waals surface area contributed by atoms with Gasteiger partial charge >= 0.3 is 0 Å². The molecule has 0 radical (unpaired) electrons. The molecule has 0 amide bonds. The van der Waals surface area contributed by atoms with Crippen LogP contribution in [0.5, 0.6) is 0 Å². The molecule has 0 aromatic heterocycles. The predicted molar refractivity (Wildman–Crippen MR) is 60.8 cm³/mol. The van der Waals surface area contributed by atoms with Gasteiger partial charge in [-0.3, -0.25) is 0 Å². The highest BCUT2D eigenvalue weighted by molar-refractivity contribution is 5.06. The highest BCUT2D eigenvalue weighted by atomic mass is 16.5. The Morgan fingerprint density at radius 1 is 1.27 bits per heavy atom. The van der Waals surface area contributed by atoms with E-state index in [4.69, 9.17) is 4.74 Å². The Morgan fingerprint density at radius 3 is 2.60 bits per heavy atom. The van der Waals surface area contributed by atoms with E-state index < -0.39 is 0 Å². The van der Waals surface area contributed by atoms with E-state index in [0.29, 0.717) is 6.10 Å². The molecule has 2 heteroatoms. The van der Waals surface area contributed by atoms with Crippen molar-refractivity contribution in [2.24, 2.45) is 5.41 Å². The second-order valence-electron chi connectivity index (χ2n) is 5.26. The van der Waals surface area contributed by atoms with Gasteiger partial charge in [-0.2, -0.15) is 0 Å². The molecule has 2 aliphatic rings. The smallest absolute Gasteiger partial charge is 0.0680 e. The normalized spacial score (nSPS) is 33.2. The fourth-order valence-electron chi connectivity index (χ4n) is 3.23. The van der Waals surface area contributed by atoms with Gasteiger partial charge in [-0.05, 0) is 19.3 Å². The van der Waals surface area contributed by atoms with Crippen LogP contribution in [0.2, 0.25) is 0 Å². The molecule has 1 N–H and O–H groups in total. The summed E-state index contributed by atoms with van der Waals surface area (Å²) >= 11 is 0. The standard InChI is InChI=1S/C13H24O2/c1-2-3-6-9-15-12-10-11(14)13(12)7-4-5-8-13/h11-12,14H,2-10H2,1H3. The Bertz CT molecular complexity index is 197. The first kappa shape index (κ1) is 11.4. The van der Waals surface area contributed by atoms with Crippen LogP contribution in [-0.2, 0) is 4.74 Å². The Hall–Kier alpha value is -0.0800. The van der Waals surface area contributed by atoms with Gasteiger partial charge in [-0.1, -0.05) is 32.6 Å². The molecule has 1 spiro atoms. The second kappa shape index (κ2) is 4.84. The van der Waals surface area contributed by atoms with Crippen molar-refractivity contribution in [3.63, 3.8) is 0 Å². The van der Waals surface area contributed by atoms with Crippen molar-refractivity contribution in [1.29, 1.82) is 0 Å². The lowest BCUT2D eigenvalue weighted by atomic mass is 9.62. The van der Waals surface area contributed by atoms with Gasteiger partial charge in [-0.25, -0.2) is 0 Å². The fourth-order valence-corrected chi connectivity index (χ4v) is 3.23. The van der Waals surface area contributed by atoms with Crippen molar-refractivity contribution in [2.75, 3.05) is 6.61 Å². The molecule has 2 saturated carbocycles. The molecular weight excluding hydrogens is 188 g/mol. The number of hydrogen-bond acceptors (Lipinski definition) is 2. The van der Waals surface area contributed by atoms with Gasteiger partial charge in [0.25, 0.3) is 0 Å². The van der Waals surface area contributed by atoms with E-state index in [-0.39, 0.29) is 11.5 Å². The van der Waals surface area contributed by atoms with Crippen molar-refractivity contribution in [1.82, 2.24) is 0 Å². The monoisotopic (exact) mass is 212 g/mol. The molecule has 88 valence electrons. The molecular formula is C13H24O2. The minimum atomic E-state index is -0.0730. The van der Waals surface area contributed by atoms with Gasteiger partial charge in [0, 0.05) is 18.4 Å². The second-order valence-corrected chi connectivity index (χ2v) is 5.26. The molecule has 2 aliphatic carbocycles. The first-order valence-corrected chi connectivity index (χ1v) is 6.59. The molecule has 0 aliphatic heterocycles. The lowest BCUT2D eigenvalue weighted by Gasteiger charge is -2.51. The van der Waals surface area contributed by atoms with E-state index >= 15 is 0 Å². The van der Waals surface area contributed by atoms with Gasteiger partial charge in [0.15, 0.2) is 0 Å². The molecule has 2 nitrogen and oxygen atoms in total. The predicted octanol–water partition coefficient (Wildman–Crippen LogP) is 2.89. The number of unbranched alkanes of at least 4 members (excludes halogenated alkanes) is 2. The van der Waals surface area contributed by atoms with Crippen molar-refractivity contribution < 1.29 is 9.84 Å². The average molecular weight is 212 g/mol. The molecule has 0 heterocycles. The Labute approximate surface area is 93.0 Å². The lowest BCUT2D eigenvalue weighted by molar-refractivity contribution is -0.189. The van der Waals surface area contributed by atoms with Crippen molar-refractivity contribution in [3.05, 3.63) is 0 Å². The van der Waals surface area contributed by atoms with Crippen molar-refractivity contribution >= 4 is 0 Å². The van der Waals surface area contributed by atoms with Gasteiger partial charge < -0.3 is 9.84 Å². The first-order valence-electron chi connectivity index (χ1n) is 6.59. The maximum absolute atomic E-state index is 9.89. The van der Waals surface area contributed by atoms with Gasteiger partial charge in [0.2, 0.25) is 0 Å². The molecule has 2 atom stereocenters. The fraction of sp³-hybridized carbons (Fsp3) is 1.00. The van der Waals surface area contributed by atoms with Crippen LogP contribution in [0, 0.1) is 5.41 Å². The zero-order chi connectivity index (χ0) is 10.7. The first-order chi connectivity index (χ1) is 7.29. The maximum Gasteiger partial charge on any atom is 0.0680 e. The molecule has 2 rings (SSSR count). The van der Waals surface area contributed by atoms with Gasteiger partial charge in [0.05, 0.1) is 12.2 Å². The third kappa shape index (κ3) is 2.07. The zero-order valence-corrected chi connectivity index (χ0v) is 9.87. The van der Waals surface area contributed by atoms with E-state index in [2.05, 4.69) is 6.92 Å². The molecule has 0 bridgehead atoms. The van der Waals surface area contributed by atoms with E-state index in [1.165, 1.54) is 44.9 Å². The number of ether oxygens (including phenoxy) is 1. The summed E-state index contributed by atoms with van der Waals surface area (Å²) in [5, 5.41) is 9.89. The van der Waals surface area contributed by atoms with Gasteiger partial charge in [-0.15, -0.1) is 0 Å². The molecule has 2 unspecified atom stereocenters. The Kier molecular flexibility index (Phi) is 3.68. The number of hydrogen-bond donors (Lipinski definition) is 1. The largest absolute Gasteiger partial charge is 0.392 e. The summed E-state index contributed by atoms with van der Waals surface area (Å²) in [5.74, 6) is 0. The lowest BCUT2D eigenvalue weighted by Crippen LogP contribution is -2.56. The topological polar surface area (TPSA) is 29.5 Å². The van der Waals surface area contributed by atoms with Crippen LogP contribution in [0.1, 0.15) is 58.3 Å². The molecule has 0 saturated heterocycles. The third-order valence-corrected chi connectivity index (χ3v) is 4.34. The average Bonchev–Trinajstić information content (AvgIpc) is 2.74. The molecule has 15 heavy (non-hydrogen) atoms. The summed E-state index contributed by atoms with van der Waals surface area (Å²) in [7, 11) is 0. The zero-order valence-electron chi connectivity index (χ0n) is 9.87. The van der Waals surface area contributed by atoms with Crippen LogP contribution in [0.3, 0.4) is 0 Å². The Morgan fingerprint density at radius 2 is 2.00 bits per heavy atom. The highest BCUT2D eigenvalue weighted by Gasteiger charge is 2.56. The highest BCUT2D eigenvalue weighted by Crippen LogP contribution is 2.54. The summed E-state index contributed by atoms with van der Waals surface area (Å²) in [6.45, 7) is 3.11. The number of aliphatic hydroxyl groups excluding tert-OH is 1. The molecule has 0 aromatic rings. The van der Waals surface area contributed by atoms with Crippen molar-refractivity contribution in [3.8, 4) is 0 Å². The summed E-state index contributed by atoms with van der Waals surface area (Å²) in [6.07, 6.45) is 9.81. The summed E-state index contributed by atoms with van der Waals surface area (Å²) in [4.78, 5) is 0. The maximum atomic E-state index is 9.89. The summed E-state index contributed by atoms with van der Waals surface area (Å²) in [6, 6.07) is 0. The SMILES string of the molecule is CCCCCOC1CC(O)C12CCCC2. The van der Waals surface area contributed by atoms with Crippen LogP contribution in [0.25, 0.3) is 0 Å². The molecule has 0 aromatic carbocycles. The van der Waals surface area contributed by atoms with E-state index in [1.54, 1.807) is 0 Å². The van der Waals surface area contributed by atoms with Gasteiger partial charge in [0.1, 0.15) is 0 Å². The van der Waals surface area contributed by atoms with Crippen LogP contribution in [0.4, 0.5) is 0 Å². The van der Waals surface area contributed by atoms with Crippen LogP contribution < -0.4 is 0 Å². The number of aliphatic hydroxyl groups is 1. The number of rotatable bonds is 5. The minimum absolute atomic E-state index is 0.0730. The van der Waals surface area contributed by atoms with E-state index in [0.717, 1.165) is 13.0 Å².